The van der Waals surface area contributed by atoms with Crippen molar-refractivity contribution in [3.05, 3.63) is 30.1 Å². The average Bonchev–Trinajstić information content (AvgIpc) is 2.49. The molecule has 0 unspecified atom stereocenters. The van der Waals surface area contributed by atoms with Crippen LogP contribution in [0.2, 0.25) is 0 Å². The van der Waals surface area contributed by atoms with Crippen LogP contribution in [0.5, 0.6) is 0 Å². The van der Waals surface area contributed by atoms with Crippen molar-refractivity contribution in [2.24, 2.45) is 10.9 Å². The lowest BCUT2D eigenvalue weighted by Crippen LogP contribution is -2.53. The Bertz CT molecular complexity index is 468. The molecule has 0 spiro atoms. The summed E-state index contributed by atoms with van der Waals surface area (Å²) >= 11 is 0. The molecule has 0 saturated carbocycles. The summed E-state index contributed by atoms with van der Waals surface area (Å²) in [7, 11) is 1.83. The van der Waals surface area contributed by atoms with Gasteiger partial charge in [0.2, 0.25) is 0 Å². The summed E-state index contributed by atoms with van der Waals surface area (Å²) in [4.78, 5) is 8.92. The lowest BCUT2D eigenvalue weighted by Gasteiger charge is -2.37. The Morgan fingerprint density at radius 1 is 1.18 bits per heavy atom. The largest absolute Gasteiger partial charge is 0.368 e. The lowest BCUT2D eigenvalue weighted by molar-refractivity contribution is 0.370. The van der Waals surface area contributed by atoms with Crippen LogP contribution in [-0.2, 0) is 0 Å². The van der Waals surface area contributed by atoms with Crippen LogP contribution in [0.1, 0.15) is 13.8 Å². The van der Waals surface area contributed by atoms with E-state index < -0.39 is 0 Å². The number of hydrogen-bond donors (Lipinski definition) is 1. The smallest absolute Gasteiger partial charge is 0.193 e. The molecule has 4 nitrogen and oxygen atoms in total. The van der Waals surface area contributed by atoms with E-state index >= 15 is 0 Å². The molecule has 0 bridgehead atoms. The van der Waals surface area contributed by atoms with E-state index in [1.165, 1.54) is 12.1 Å². The fourth-order valence-electron chi connectivity index (χ4n) is 2.46. The maximum Gasteiger partial charge on any atom is 0.193 e. The minimum atomic E-state index is -0.185. The van der Waals surface area contributed by atoms with Crippen molar-refractivity contribution in [3.8, 4) is 0 Å². The second kappa shape index (κ2) is 9.17. The van der Waals surface area contributed by atoms with E-state index in [-0.39, 0.29) is 29.8 Å². The number of benzene rings is 1. The predicted octanol–water partition coefficient (Wildman–Crippen LogP) is 2.80. The van der Waals surface area contributed by atoms with E-state index in [4.69, 9.17) is 0 Å². The van der Waals surface area contributed by atoms with E-state index in [1.54, 1.807) is 0 Å². The first-order chi connectivity index (χ1) is 10.1. The van der Waals surface area contributed by atoms with Gasteiger partial charge in [-0.15, -0.1) is 24.0 Å². The molecule has 22 heavy (non-hydrogen) atoms. The van der Waals surface area contributed by atoms with Gasteiger partial charge in [-0.3, -0.25) is 4.99 Å². The zero-order chi connectivity index (χ0) is 15.2. The van der Waals surface area contributed by atoms with Gasteiger partial charge in [0.05, 0.1) is 0 Å². The zero-order valence-electron chi connectivity index (χ0n) is 13.6. The molecule has 2 rings (SSSR count). The molecule has 0 aromatic heterocycles. The molecule has 1 saturated heterocycles. The summed E-state index contributed by atoms with van der Waals surface area (Å²) in [6, 6.07) is 6.73. The Balaban J connectivity index is 0.00000242. The second-order valence-corrected chi connectivity index (χ2v) is 5.77. The summed E-state index contributed by atoms with van der Waals surface area (Å²) in [5, 5.41) is 3.41. The number of anilines is 1. The van der Waals surface area contributed by atoms with E-state index in [9.17, 15) is 4.39 Å². The number of nitrogens with zero attached hydrogens (tertiary/aromatic N) is 3. The molecule has 124 valence electrons. The minimum absolute atomic E-state index is 0. The molecule has 1 aliphatic rings. The number of rotatable bonds is 3. The van der Waals surface area contributed by atoms with Crippen LogP contribution in [-0.4, -0.2) is 50.6 Å². The minimum Gasteiger partial charge on any atom is -0.368 e. The monoisotopic (exact) mass is 420 g/mol. The number of piperazine rings is 1. The number of aliphatic imine (C=N–C) groups is 1. The molecule has 1 aliphatic heterocycles. The van der Waals surface area contributed by atoms with E-state index in [0.717, 1.165) is 44.4 Å². The molecule has 1 aromatic carbocycles. The highest BCUT2D eigenvalue weighted by atomic mass is 127. The van der Waals surface area contributed by atoms with Gasteiger partial charge in [0.1, 0.15) is 5.82 Å². The quantitative estimate of drug-likeness (QED) is 0.464. The third-order valence-corrected chi connectivity index (χ3v) is 3.65. The van der Waals surface area contributed by atoms with Crippen molar-refractivity contribution < 1.29 is 4.39 Å². The van der Waals surface area contributed by atoms with Gasteiger partial charge < -0.3 is 15.1 Å². The molecule has 0 radical (unpaired) electrons. The maximum absolute atomic E-state index is 13.0. The second-order valence-electron chi connectivity index (χ2n) is 5.77. The van der Waals surface area contributed by atoms with Crippen molar-refractivity contribution in [3.63, 3.8) is 0 Å². The van der Waals surface area contributed by atoms with Gasteiger partial charge in [-0.05, 0) is 30.2 Å². The molecular weight excluding hydrogens is 394 g/mol. The standard InChI is InChI=1S/C16H25FN4.HI/c1-13(2)12-19-16(18-3)21-10-8-20(9-11-21)15-6-4-14(17)5-7-15;/h4-7,13H,8-12H2,1-3H3,(H,18,19);1H. The van der Waals surface area contributed by atoms with Crippen LogP contribution in [0.3, 0.4) is 0 Å². The van der Waals surface area contributed by atoms with Crippen molar-refractivity contribution in [1.82, 2.24) is 10.2 Å². The van der Waals surface area contributed by atoms with Crippen molar-refractivity contribution >= 4 is 35.6 Å². The fourth-order valence-corrected chi connectivity index (χ4v) is 2.46. The predicted molar refractivity (Wildman–Crippen MR) is 102 cm³/mol. The topological polar surface area (TPSA) is 30.9 Å². The Morgan fingerprint density at radius 2 is 1.77 bits per heavy atom. The van der Waals surface area contributed by atoms with Gasteiger partial charge in [-0.25, -0.2) is 4.39 Å². The summed E-state index contributed by atoms with van der Waals surface area (Å²) in [5.74, 6) is 1.39. The Kier molecular flexibility index (Phi) is 7.92. The van der Waals surface area contributed by atoms with Crippen LogP contribution in [0, 0.1) is 11.7 Å². The molecule has 1 N–H and O–H groups in total. The van der Waals surface area contributed by atoms with Crippen LogP contribution in [0.15, 0.2) is 29.3 Å². The highest BCUT2D eigenvalue weighted by molar-refractivity contribution is 14.0. The first-order valence-electron chi connectivity index (χ1n) is 7.56. The Hall–Kier alpha value is -1.05. The van der Waals surface area contributed by atoms with E-state index in [1.807, 2.05) is 19.2 Å². The maximum atomic E-state index is 13.0. The number of nitrogens with one attached hydrogen (secondary N) is 1. The van der Waals surface area contributed by atoms with Crippen LogP contribution >= 0.6 is 24.0 Å². The molecule has 0 amide bonds. The molecule has 0 atom stereocenters. The molecule has 6 heteroatoms. The normalized spacial score (nSPS) is 15.8. The molecule has 0 aliphatic carbocycles. The van der Waals surface area contributed by atoms with Crippen molar-refractivity contribution in [1.29, 1.82) is 0 Å². The van der Waals surface area contributed by atoms with E-state index in [2.05, 4.69) is 34.0 Å². The summed E-state index contributed by atoms with van der Waals surface area (Å²) < 4.78 is 13.0. The van der Waals surface area contributed by atoms with Crippen molar-refractivity contribution in [2.75, 3.05) is 44.7 Å². The Labute approximate surface area is 149 Å². The molecular formula is C16H26FIN4. The number of halogens is 2. The van der Waals surface area contributed by atoms with Gasteiger partial charge in [0, 0.05) is 45.5 Å². The summed E-state index contributed by atoms with van der Waals surface area (Å²) in [6.45, 7) is 9.01. The SMILES string of the molecule is CN=C(NCC(C)C)N1CCN(c2ccc(F)cc2)CC1.I. The van der Waals surface area contributed by atoms with Crippen LogP contribution in [0.4, 0.5) is 10.1 Å². The third-order valence-electron chi connectivity index (χ3n) is 3.65. The highest BCUT2D eigenvalue weighted by Crippen LogP contribution is 2.16. The number of guanidine groups is 1. The first-order valence-corrected chi connectivity index (χ1v) is 7.56. The third kappa shape index (κ3) is 5.30. The van der Waals surface area contributed by atoms with Gasteiger partial charge in [0.25, 0.3) is 0 Å². The van der Waals surface area contributed by atoms with Gasteiger partial charge in [0.15, 0.2) is 5.96 Å². The average molecular weight is 420 g/mol. The van der Waals surface area contributed by atoms with Gasteiger partial charge in [-0.1, -0.05) is 13.8 Å². The van der Waals surface area contributed by atoms with Crippen LogP contribution in [0.25, 0.3) is 0 Å². The highest BCUT2D eigenvalue weighted by Gasteiger charge is 2.19. The lowest BCUT2D eigenvalue weighted by atomic mass is 10.2. The summed E-state index contributed by atoms with van der Waals surface area (Å²) in [6.07, 6.45) is 0. The summed E-state index contributed by atoms with van der Waals surface area (Å²) in [5.41, 5.74) is 1.08. The Morgan fingerprint density at radius 3 is 2.27 bits per heavy atom. The van der Waals surface area contributed by atoms with Gasteiger partial charge >= 0.3 is 0 Å². The van der Waals surface area contributed by atoms with Crippen LogP contribution < -0.4 is 10.2 Å². The first kappa shape index (κ1) is 19.0. The number of hydrogen-bond acceptors (Lipinski definition) is 2. The molecule has 1 fully saturated rings. The van der Waals surface area contributed by atoms with Crippen molar-refractivity contribution in [2.45, 2.75) is 13.8 Å². The van der Waals surface area contributed by atoms with E-state index in [0.29, 0.717) is 5.92 Å². The van der Waals surface area contributed by atoms with Gasteiger partial charge in [-0.2, -0.15) is 0 Å². The molecule has 1 heterocycles. The zero-order valence-corrected chi connectivity index (χ0v) is 15.9. The fraction of sp³-hybridized carbons (Fsp3) is 0.562. The molecule has 1 aromatic rings.